The summed E-state index contributed by atoms with van der Waals surface area (Å²) in [7, 11) is 0. The molecule has 13 heteroatoms. The van der Waals surface area contributed by atoms with Crippen molar-refractivity contribution in [2.75, 3.05) is 6.54 Å². The van der Waals surface area contributed by atoms with Crippen molar-refractivity contribution in [3.05, 3.63) is 40.0 Å². The highest BCUT2D eigenvalue weighted by atomic mass is 32.1. The molecule has 0 fully saturated rings. The Bertz CT molecular complexity index is 874. The van der Waals surface area contributed by atoms with Crippen LogP contribution in [0.3, 0.4) is 0 Å². The van der Waals surface area contributed by atoms with Crippen molar-refractivity contribution in [3.8, 4) is 11.8 Å². The molecule has 0 aliphatic carbocycles. The van der Waals surface area contributed by atoms with Crippen LogP contribution in [0.4, 0.5) is 32.0 Å². The van der Waals surface area contributed by atoms with Crippen LogP contribution in [0.5, 0.6) is 5.75 Å². The SMILES string of the molecule is N#CCCNC(=S)C1=CC(C(F)(F)F)(C(F)(F)F)Oc2ccc([N+](=O)[O-])cc21. The number of nitro benzene ring substituents is 1. The quantitative estimate of drug-likeness (QED) is 0.257. The van der Waals surface area contributed by atoms with Gasteiger partial charge in [-0.1, -0.05) is 12.2 Å². The summed E-state index contributed by atoms with van der Waals surface area (Å²) in [5.41, 5.74) is -6.43. The van der Waals surface area contributed by atoms with Gasteiger partial charge in [-0.3, -0.25) is 10.1 Å². The minimum atomic E-state index is -5.90. The number of nitrogens with one attached hydrogen (secondary N) is 1. The number of ether oxygens (including phenoxy) is 1. The number of hydrogen-bond donors (Lipinski definition) is 1. The Hall–Kier alpha value is -2.88. The second-order valence-corrected chi connectivity index (χ2v) is 5.90. The average molecular weight is 425 g/mol. The molecule has 1 aromatic carbocycles. The molecular formula is C15H9F6N3O3S. The Balaban J connectivity index is 2.71. The molecule has 0 bridgehead atoms. The van der Waals surface area contributed by atoms with Gasteiger partial charge in [-0.25, -0.2) is 0 Å². The minimum Gasteiger partial charge on any atom is -0.464 e. The highest BCUT2D eigenvalue weighted by molar-refractivity contribution is 7.81. The Morgan fingerprint density at radius 3 is 2.39 bits per heavy atom. The molecule has 0 aromatic heterocycles. The Morgan fingerprint density at radius 1 is 1.29 bits per heavy atom. The number of rotatable bonds is 4. The smallest absolute Gasteiger partial charge is 0.441 e. The fraction of sp³-hybridized carbons (Fsp3) is 0.333. The maximum Gasteiger partial charge on any atom is 0.441 e. The first-order chi connectivity index (χ1) is 12.8. The largest absolute Gasteiger partial charge is 0.464 e. The summed E-state index contributed by atoms with van der Waals surface area (Å²) in [6.07, 6.45) is -12.2. The second-order valence-electron chi connectivity index (χ2n) is 5.49. The molecular weight excluding hydrogens is 416 g/mol. The Morgan fingerprint density at radius 2 is 1.89 bits per heavy atom. The number of non-ortho nitro benzene ring substituents is 1. The highest BCUT2D eigenvalue weighted by Gasteiger charge is 2.73. The van der Waals surface area contributed by atoms with Crippen molar-refractivity contribution in [3.63, 3.8) is 0 Å². The van der Waals surface area contributed by atoms with Gasteiger partial charge < -0.3 is 10.1 Å². The number of benzene rings is 1. The van der Waals surface area contributed by atoms with Crippen LogP contribution in [-0.4, -0.2) is 34.4 Å². The molecule has 6 nitrogen and oxygen atoms in total. The van der Waals surface area contributed by atoms with E-state index >= 15 is 0 Å². The minimum absolute atomic E-state index is 0.130. The van der Waals surface area contributed by atoms with Gasteiger partial charge in [0.1, 0.15) is 10.7 Å². The zero-order valence-corrected chi connectivity index (χ0v) is 14.3. The van der Waals surface area contributed by atoms with E-state index in [4.69, 9.17) is 17.5 Å². The highest BCUT2D eigenvalue weighted by Crippen LogP contribution is 2.52. The fourth-order valence-corrected chi connectivity index (χ4v) is 2.64. The number of fused-ring (bicyclic) bond motifs is 1. The standard InChI is InChI=1S/C15H9F6N3O3S/c16-14(17,18)13(15(19,20)21)7-10(12(28)23-5-1-4-22)9-6-8(24(25)26)2-3-11(9)27-13/h2-3,6-7H,1,5H2,(H,23,28). The zero-order chi connectivity index (χ0) is 21.3. The van der Waals surface area contributed by atoms with Crippen molar-refractivity contribution in [1.82, 2.24) is 5.32 Å². The molecule has 28 heavy (non-hydrogen) atoms. The molecule has 1 aliphatic rings. The molecule has 1 heterocycles. The number of nitro groups is 1. The van der Waals surface area contributed by atoms with E-state index in [0.717, 1.165) is 6.07 Å². The van der Waals surface area contributed by atoms with Gasteiger partial charge in [0, 0.05) is 29.8 Å². The molecule has 1 N–H and O–H groups in total. The van der Waals surface area contributed by atoms with Gasteiger partial charge in [0.05, 0.1) is 17.4 Å². The van der Waals surface area contributed by atoms with Gasteiger partial charge in [0.15, 0.2) is 0 Å². The fourth-order valence-electron chi connectivity index (χ4n) is 2.37. The van der Waals surface area contributed by atoms with Gasteiger partial charge in [-0.05, 0) is 12.1 Å². The van der Waals surface area contributed by atoms with E-state index in [0.29, 0.717) is 12.1 Å². The van der Waals surface area contributed by atoms with Crippen LogP contribution in [0.2, 0.25) is 0 Å². The third kappa shape index (κ3) is 3.72. The van der Waals surface area contributed by atoms with Crippen LogP contribution in [0.1, 0.15) is 12.0 Å². The van der Waals surface area contributed by atoms with Gasteiger partial charge in [-0.15, -0.1) is 0 Å². The zero-order valence-electron chi connectivity index (χ0n) is 13.5. The molecule has 1 aliphatic heterocycles. The Labute approximate surface area is 158 Å². The van der Waals surface area contributed by atoms with Crippen molar-refractivity contribution >= 4 is 28.5 Å². The summed E-state index contributed by atoms with van der Waals surface area (Å²) < 4.78 is 84.9. The lowest BCUT2D eigenvalue weighted by molar-refractivity contribution is -0.384. The van der Waals surface area contributed by atoms with Crippen molar-refractivity contribution in [2.45, 2.75) is 24.4 Å². The molecule has 150 valence electrons. The lowest BCUT2D eigenvalue weighted by atomic mass is 9.90. The van der Waals surface area contributed by atoms with Gasteiger partial charge in [-0.2, -0.15) is 31.6 Å². The predicted octanol–water partition coefficient (Wildman–Crippen LogP) is 4.06. The number of thiocarbonyl (C=S) groups is 1. The van der Waals surface area contributed by atoms with Crippen LogP contribution >= 0.6 is 12.2 Å². The number of alkyl halides is 6. The Kier molecular flexibility index (Phi) is 5.56. The van der Waals surface area contributed by atoms with Gasteiger partial charge >= 0.3 is 18.0 Å². The van der Waals surface area contributed by atoms with E-state index in [1.807, 2.05) is 0 Å². The van der Waals surface area contributed by atoms with E-state index in [2.05, 4.69) is 10.1 Å². The van der Waals surface area contributed by atoms with E-state index in [9.17, 15) is 36.5 Å². The average Bonchev–Trinajstić information content (AvgIpc) is 2.58. The maximum atomic E-state index is 13.4. The molecule has 0 saturated carbocycles. The number of nitrogens with zero attached hydrogens (tertiary/aromatic N) is 2. The third-order valence-electron chi connectivity index (χ3n) is 3.69. The molecule has 0 atom stereocenters. The molecule has 0 saturated heterocycles. The van der Waals surface area contributed by atoms with Crippen molar-refractivity contribution < 1.29 is 36.0 Å². The summed E-state index contributed by atoms with van der Waals surface area (Å²) in [5, 5.41) is 21.8. The second kappa shape index (κ2) is 7.27. The summed E-state index contributed by atoms with van der Waals surface area (Å²) in [6, 6.07) is 3.84. The lowest BCUT2D eigenvalue weighted by Crippen LogP contribution is -2.61. The predicted molar refractivity (Wildman–Crippen MR) is 87.4 cm³/mol. The van der Waals surface area contributed by atoms with E-state index in [1.165, 1.54) is 0 Å². The summed E-state index contributed by atoms with van der Waals surface area (Å²) in [4.78, 5) is 9.50. The lowest BCUT2D eigenvalue weighted by Gasteiger charge is -2.39. The van der Waals surface area contributed by atoms with Crippen LogP contribution < -0.4 is 10.1 Å². The van der Waals surface area contributed by atoms with E-state index in [-0.39, 0.29) is 19.0 Å². The van der Waals surface area contributed by atoms with Crippen molar-refractivity contribution in [1.29, 1.82) is 5.26 Å². The first-order valence-corrected chi connectivity index (χ1v) is 7.74. The molecule has 0 unspecified atom stereocenters. The number of halogens is 6. The summed E-state index contributed by atoms with van der Waals surface area (Å²) in [5.74, 6) is -0.873. The van der Waals surface area contributed by atoms with Crippen LogP contribution in [0.15, 0.2) is 24.3 Å². The monoisotopic (exact) mass is 425 g/mol. The first-order valence-electron chi connectivity index (χ1n) is 7.33. The number of hydrogen-bond acceptors (Lipinski definition) is 5. The summed E-state index contributed by atoms with van der Waals surface area (Å²) >= 11 is 4.87. The molecule has 0 amide bonds. The van der Waals surface area contributed by atoms with Gasteiger partial charge in [0.2, 0.25) is 0 Å². The van der Waals surface area contributed by atoms with Gasteiger partial charge in [0.25, 0.3) is 5.69 Å². The third-order valence-corrected chi connectivity index (χ3v) is 4.06. The molecule has 2 rings (SSSR count). The van der Waals surface area contributed by atoms with Crippen LogP contribution in [0.25, 0.3) is 5.57 Å². The van der Waals surface area contributed by atoms with Crippen LogP contribution in [-0.2, 0) is 0 Å². The van der Waals surface area contributed by atoms with Crippen LogP contribution in [0, 0.1) is 21.4 Å². The maximum absolute atomic E-state index is 13.4. The van der Waals surface area contributed by atoms with Crippen molar-refractivity contribution in [2.24, 2.45) is 0 Å². The summed E-state index contributed by atoms with van der Waals surface area (Å²) in [6.45, 7) is -0.150. The molecule has 1 aromatic rings. The molecule has 0 radical (unpaired) electrons. The van der Waals surface area contributed by atoms with E-state index in [1.54, 1.807) is 6.07 Å². The van der Waals surface area contributed by atoms with E-state index < -0.39 is 50.4 Å². The first kappa shape index (κ1) is 21.4. The topological polar surface area (TPSA) is 88.2 Å². The molecule has 0 spiro atoms. The normalized spacial score (nSPS) is 15.5. The number of nitriles is 1.